The molecule has 7 nitrogen and oxygen atoms in total. The number of fused-ring (bicyclic) bond motifs is 1. The zero-order chi connectivity index (χ0) is 18.2. The van der Waals surface area contributed by atoms with Crippen LogP contribution in [0.25, 0.3) is 0 Å². The number of rotatable bonds is 1. The van der Waals surface area contributed by atoms with Gasteiger partial charge in [-0.3, -0.25) is 0 Å². The second kappa shape index (κ2) is 6.96. The molecule has 0 spiro atoms. The number of hydrogen-bond donors (Lipinski definition) is 0. The van der Waals surface area contributed by atoms with Crippen LogP contribution < -0.4 is 4.90 Å². The molecule has 0 N–H and O–H groups in total. The quantitative estimate of drug-likeness (QED) is 0.710. The van der Waals surface area contributed by atoms with Crippen molar-refractivity contribution in [1.82, 2.24) is 14.9 Å². The van der Waals surface area contributed by atoms with E-state index in [1.807, 2.05) is 20.8 Å². The van der Waals surface area contributed by atoms with Gasteiger partial charge in [0.1, 0.15) is 11.4 Å². The molecule has 1 atom stereocenters. The average Bonchev–Trinajstić information content (AvgIpc) is 2.52. The minimum Gasteiger partial charge on any atom is -0.444 e. The van der Waals surface area contributed by atoms with Crippen molar-refractivity contribution in [3.8, 4) is 0 Å². The third-order valence-corrected chi connectivity index (χ3v) is 4.48. The van der Waals surface area contributed by atoms with E-state index in [1.54, 1.807) is 4.90 Å². The fraction of sp³-hybridized carbons (Fsp3) is 0.706. The van der Waals surface area contributed by atoms with Gasteiger partial charge < -0.3 is 19.3 Å². The molecule has 2 aliphatic heterocycles. The lowest BCUT2D eigenvalue weighted by Gasteiger charge is -2.37. The van der Waals surface area contributed by atoms with Crippen molar-refractivity contribution < 1.29 is 14.3 Å². The Hall–Kier alpha value is -1.60. The fourth-order valence-electron chi connectivity index (χ4n) is 3.14. The highest BCUT2D eigenvalue weighted by molar-refractivity contribution is 6.28. The summed E-state index contributed by atoms with van der Waals surface area (Å²) in [6, 6.07) is 0.229. The number of hydrogen-bond acceptors (Lipinski definition) is 6. The molecule has 3 rings (SSSR count). The summed E-state index contributed by atoms with van der Waals surface area (Å²) in [7, 11) is 0. The predicted molar refractivity (Wildman–Crippen MR) is 95.0 cm³/mol. The van der Waals surface area contributed by atoms with Crippen LogP contribution in [0, 0.1) is 0 Å². The molecular weight excluding hydrogens is 344 g/mol. The van der Waals surface area contributed by atoms with Gasteiger partial charge in [-0.25, -0.2) is 14.8 Å². The monoisotopic (exact) mass is 368 g/mol. The third kappa shape index (κ3) is 4.15. The highest BCUT2D eigenvalue weighted by atomic mass is 35.5. The van der Waals surface area contributed by atoms with Gasteiger partial charge >= 0.3 is 6.09 Å². The number of carbonyl (C=O) groups excluding carboxylic acids is 1. The summed E-state index contributed by atoms with van der Waals surface area (Å²) in [5.41, 5.74) is 1.35. The lowest BCUT2D eigenvalue weighted by molar-refractivity contribution is 0.0220. The first-order chi connectivity index (χ1) is 11.7. The molecule has 1 aromatic heterocycles. The molecule has 8 heteroatoms. The summed E-state index contributed by atoms with van der Waals surface area (Å²) in [5.74, 6) is 0.870. The summed E-state index contributed by atoms with van der Waals surface area (Å²) in [6.45, 7) is 10.8. The molecule has 0 bridgehead atoms. The van der Waals surface area contributed by atoms with E-state index < -0.39 is 5.60 Å². The molecular formula is C17H25ClN4O3. The molecule has 138 valence electrons. The maximum atomic E-state index is 12.3. The average molecular weight is 369 g/mol. The number of amides is 1. The number of morpholine rings is 1. The number of carbonyl (C=O) groups is 1. The van der Waals surface area contributed by atoms with E-state index in [0.29, 0.717) is 32.7 Å². The molecule has 1 fully saturated rings. The van der Waals surface area contributed by atoms with Crippen LogP contribution in [0.1, 0.15) is 39.0 Å². The molecule has 1 saturated heterocycles. The van der Waals surface area contributed by atoms with E-state index in [4.69, 9.17) is 21.1 Å². The van der Waals surface area contributed by atoms with Gasteiger partial charge in [-0.05, 0) is 45.7 Å². The smallest absolute Gasteiger partial charge is 0.410 e. The van der Waals surface area contributed by atoms with Crippen LogP contribution in [0.15, 0.2) is 0 Å². The SMILES string of the molecule is CC1COCCN1c1nc(Cl)nc2c1CCN(C(=O)OC(C)(C)C)C2. The first-order valence-electron chi connectivity index (χ1n) is 8.62. The molecule has 25 heavy (non-hydrogen) atoms. The standard InChI is InChI=1S/C17H25ClN4O3/c1-11-10-24-8-7-22(11)14-12-5-6-21(16(23)25-17(2,3)4)9-13(12)19-15(18)20-14/h11H,5-10H2,1-4H3. The summed E-state index contributed by atoms with van der Waals surface area (Å²) in [5, 5.41) is 0.207. The zero-order valence-electron chi connectivity index (χ0n) is 15.2. The molecule has 1 amide bonds. The summed E-state index contributed by atoms with van der Waals surface area (Å²) in [6.07, 6.45) is 0.361. The van der Waals surface area contributed by atoms with E-state index in [-0.39, 0.29) is 17.4 Å². The van der Waals surface area contributed by atoms with Crippen LogP contribution >= 0.6 is 11.6 Å². The molecule has 0 aromatic carbocycles. The van der Waals surface area contributed by atoms with Crippen molar-refractivity contribution >= 4 is 23.5 Å². The highest BCUT2D eigenvalue weighted by Crippen LogP contribution is 2.30. The fourth-order valence-corrected chi connectivity index (χ4v) is 3.33. The second-order valence-corrected chi connectivity index (χ2v) is 7.85. The van der Waals surface area contributed by atoms with Crippen molar-refractivity contribution in [2.24, 2.45) is 0 Å². The zero-order valence-corrected chi connectivity index (χ0v) is 16.0. The van der Waals surface area contributed by atoms with Crippen LogP contribution in [0.5, 0.6) is 0 Å². The van der Waals surface area contributed by atoms with E-state index >= 15 is 0 Å². The molecule has 0 saturated carbocycles. The lowest BCUT2D eigenvalue weighted by atomic mass is 10.0. The summed E-state index contributed by atoms with van der Waals surface area (Å²) < 4.78 is 11.0. The Morgan fingerprint density at radius 2 is 2.08 bits per heavy atom. The van der Waals surface area contributed by atoms with Crippen molar-refractivity contribution in [3.63, 3.8) is 0 Å². The van der Waals surface area contributed by atoms with Crippen LogP contribution in [0.2, 0.25) is 5.28 Å². The lowest BCUT2D eigenvalue weighted by Crippen LogP contribution is -2.46. The first-order valence-corrected chi connectivity index (χ1v) is 9.00. The van der Waals surface area contributed by atoms with Gasteiger partial charge in [0.2, 0.25) is 5.28 Å². The Morgan fingerprint density at radius 1 is 1.32 bits per heavy atom. The van der Waals surface area contributed by atoms with Crippen molar-refractivity contribution in [1.29, 1.82) is 0 Å². The molecule has 1 unspecified atom stereocenters. The maximum absolute atomic E-state index is 12.3. The van der Waals surface area contributed by atoms with Crippen LogP contribution in [-0.2, 0) is 22.4 Å². The van der Waals surface area contributed by atoms with E-state index in [1.165, 1.54) is 0 Å². The normalized spacial score (nSPS) is 21.1. The Bertz CT molecular complexity index is 662. The Balaban J connectivity index is 1.85. The second-order valence-electron chi connectivity index (χ2n) is 7.51. The third-order valence-electron chi connectivity index (χ3n) is 4.31. The molecule has 1 aromatic rings. The van der Waals surface area contributed by atoms with E-state index in [9.17, 15) is 4.79 Å². The molecule has 3 heterocycles. The van der Waals surface area contributed by atoms with Crippen molar-refractivity contribution in [3.05, 3.63) is 16.5 Å². The number of anilines is 1. The van der Waals surface area contributed by atoms with Gasteiger partial charge in [-0.15, -0.1) is 0 Å². The topological polar surface area (TPSA) is 67.8 Å². The van der Waals surface area contributed by atoms with Gasteiger partial charge in [0, 0.05) is 18.7 Å². The van der Waals surface area contributed by atoms with Gasteiger partial charge in [-0.1, -0.05) is 0 Å². The minimum atomic E-state index is -0.519. The van der Waals surface area contributed by atoms with Crippen LogP contribution in [-0.4, -0.2) is 58.9 Å². The Labute approximate surface area is 153 Å². The number of aromatic nitrogens is 2. The minimum absolute atomic E-state index is 0.207. The highest BCUT2D eigenvalue weighted by Gasteiger charge is 2.31. The maximum Gasteiger partial charge on any atom is 0.410 e. The van der Waals surface area contributed by atoms with Gasteiger partial charge in [0.15, 0.2) is 0 Å². The predicted octanol–water partition coefficient (Wildman–Crippen LogP) is 2.65. The van der Waals surface area contributed by atoms with Crippen molar-refractivity contribution in [2.45, 2.75) is 52.3 Å². The Kier molecular flexibility index (Phi) is 5.06. The van der Waals surface area contributed by atoms with Gasteiger partial charge in [0.25, 0.3) is 0 Å². The molecule has 0 radical (unpaired) electrons. The van der Waals surface area contributed by atoms with Gasteiger partial charge in [0.05, 0.1) is 31.5 Å². The Morgan fingerprint density at radius 3 is 2.76 bits per heavy atom. The number of ether oxygens (including phenoxy) is 2. The van der Waals surface area contributed by atoms with Crippen molar-refractivity contribution in [2.75, 3.05) is 31.2 Å². The number of halogens is 1. The number of nitrogens with zero attached hydrogens (tertiary/aromatic N) is 4. The van der Waals surface area contributed by atoms with E-state index in [0.717, 1.165) is 23.6 Å². The van der Waals surface area contributed by atoms with Gasteiger partial charge in [-0.2, -0.15) is 0 Å². The summed E-state index contributed by atoms with van der Waals surface area (Å²) >= 11 is 6.17. The molecule has 2 aliphatic rings. The van der Waals surface area contributed by atoms with Crippen LogP contribution in [0.4, 0.5) is 10.6 Å². The summed E-state index contributed by atoms with van der Waals surface area (Å²) in [4.78, 5) is 25.1. The first kappa shape index (κ1) is 18.2. The van der Waals surface area contributed by atoms with E-state index in [2.05, 4.69) is 21.8 Å². The van der Waals surface area contributed by atoms with Crippen LogP contribution in [0.3, 0.4) is 0 Å². The molecule has 0 aliphatic carbocycles. The largest absolute Gasteiger partial charge is 0.444 e.